The largest absolute Gasteiger partial charge is 0.181 e. The van der Waals surface area contributed by atoms with E-state index in [2.05, 4.69) is 340 Å². The van der Waals surface area contributed by atoms with E-state index in [1.165, 1.54) is 163 Å². The van der Waals surface area contributed by atoms with Gasteiger partial charge in [-0.05, 0) is 169 Å². The van der Waals surface area contributed by atoms with Crippen LogP contribution in [0.25, 0.3) is 99.4 Å². The minimum atomic E-state index is -2.99. The van der Waals surface area contributed by atoms with Crippen LogP contribution in [0.1, 0.15) is 22.3 Å². The molecule has 0 N–H and O–H groups in total. The molecule has 0 unspecified atom stereocenters. The first-order chi connectivity index (χ1) is 44.2. The van der Waals surface area contributed by atoms with Gasteiger partial charge in [-0.1, -0.05) is 334 Å². The summed E-state index contributed by atoms with van der Waals surface area (Å²) in [6.45, 7) is 0. The summed E-state index contributed by atoms with van der Waals surface area (Å²) in [4.78, 5) is 0. The van der Waals surface area contributed by atoms with E-state index in [4.69, 9.17) is 0 Å². The maximum Gasteiger partial charge on any atom is 0.181 e. The molecule has 0 aromatic heterocycles. The molecular formula is C87H56Si2. The Kier molecular flexibility index (Phi) is 10.8. The highest BCUT2D eigenvalue weighted by Gasteiger charge is 2.54. The van der Waals surface area contributed by atoms with Crippen molar-refractivity contribution in [3.63, 3.8) is 0 Å². The summed E-state index contributed by atoms with van der Waals surface area (Å²) in [6, 6.07) is 131. The van der Waals surface area contributed by atoms with Crippen molar-refractivity contribution in [3.8, 4) is 77.9 Å². The smallest absolute Gasteiger partial charge is 0.0623 e. The lowest BCUT2D eigenvalue weighted by Crippen LogP contribution is -2.73. The standard InChI is InChI=1S/C87H56Si2/c1-5-28-57(29-6-1)88(58-30-7-2-8-31-58)81-54-21-16-39-66(81)73-48-26-46-71(85(73)88)61-41-23-43-68-76(61)56-77-62(72-47-27-49-74-67-40-17-22-55-82(67)89(86(72)74,59-32-9-3-10-33-59)60-34-11-4-12-35-60)42-24-44-69(77)83(68)75-50-25-45-70-65-38-15-20-53-80(65)87(84(70)75)78-51-18-13-36-63(78)64-37-14-19-52-79(64)87/h1-56H. The molecule has 15 aromatic rings. The van der Waals surface area contributed by atoms with Crippen molar-refractivity contribution in [2.24, 2.45) is 0 Å². The van der Waals surface area contributed by atoms with Crippen LogP contribution in [0.3, 0.4) is 0 Å². The van der Waals surface area contributed by atoms with Crippen LogP contribution >= 0.6 is 0 Å². The van der Waals surface area contributed by atoms with E-state index in [1.54, 1.807) is 0 Å². The third-order valence-corrected chi connectivity index (χ3v) is 30.7. The number of fused-ring (bicyclic) bond motifs is 18. The molecule has 0 bridgehead atoms. The number of hydrogen-bond acceptors (Lipinski definition) is 0. The van der Waals surface area contributed by atoms with E-state index in [-0.39, 0.29) is 0 Å². The predicted octanol–water partition coefficient (Wildman–Crippen LogP) is 16.1. The summed E-state index contributed by atoms with van der Waals surface area (Å²) in [5.41, 5.74) is 23.0. The number of benzene rings is 15. The van der Waals surface area contributed by atoms with Crippen molar-refractivity contribution in [3.05, 3.63) is 362 Å². The zero-order chi connectivity index (χ0) is 58.4. The predicted molar refractivity (Wildman–Crippen MR) is 379 cm³/mol. The fraction of sp³-hybridized carbons (Fsp3) is 0.0115. The summed E-state index contributed by atoms with van der Waals surface area (Å²) in [6.07, 6.45) is 0. The molecule has 89 heavy (non-hydrogen) atoms. The zero-order valence-corrected chi connectivity index (χ0v) is 50.8. The van der Waals surface area contributed by atoms with Crippen LogP contribution in [0.15, 0.2) is 340 Å². The van der Waals surface area contributed by atoms with E-state index in [0.717, 1.165) is 0 Å². The summed E-state index contributed by atoms with van der Waals surface area (Å²) >= 11 is 0. The monoisotopic (exact) mass is 1160 g/mol. The topological polar surface area (TPSA) is 0 Å². The molecule has 0 saturated carbocycles. The molecule has 412 valence electrons. The summed E-state index contributed by atoms with van der Waals surface area (Å²) < 4.78 is 0. The van der Waals surface area contributed by atoms with Crippen LogP contribution in [0.5, 0.6) is 0 Å². The van der Waals surface area contributed by atoms with Crippen molar-refractivity contribution in [2.45, 2.75) is 5.41 Å². The maximum absolute atomic E-state index is 2.99. The fourth-order valence-electron chi connectivity index (χ4n) is 17.7. The van der Waals surface area contributed by atoms with Gasteiger partial charge in [-0.2, -0.15) is 0 Å². The van der Waals surface area contributed by atoms with Gasteiger partial charge in [0.05, 0.1) is 5.41 Å². The van der Waals surface area contributed by atoms with Gasteiger partial charge in [0, 0.05) is 0 Å². The molecule has 19 rings (SSSR count). The molecule has 2 aliphatic heterocycles. The first-order valence-corrected chi connectivity index (χ1v) is 35.3. The molecule has 0 fully saturated rings. The van der Waals surface area contributed by atoms with E-state index in [0.29, 0.717) is 0 Å². The van der Waals surface area contributed by atoms with Gasteiger partial charge in [0.1, 0.15) is 0 Å². The lowest BCUT2D eigenvalue weighted by Gasteiger charge is -2.34. The highest BCUT2D eigenvalue weighted by Crippen LogP contribution is 2.65. The molecule has 15 aromatic carbocycles. The van der Waals surface area contributed by atoms with E-state index in [1.807, 2.05) is 0 Å². The van der Waals surface area contributed by atoms with Gasteiger partial charge in [0.2, 0.25) is 0 Å². The van der Waals surface area contributed by atoms with Crippen LogP contribution in [0, 0.1) is 0 Å². The Morgan fingerprint density at radius 1 is 0.191 bits per heavy atom. The molecule has 2 aliphatic carbocycles. The Balaban J connectivity index is 0.982. The Labute approximate surface area is 521 Å². The van der Waals surface area contributed by atoms with Gasteiger partial charge in [-0.3, -0.25) is 0 Å². The second kappa shape index (κ2) is 19.1. The average molecular weight is 1160 g/mol. The average Bonchev–Trinajstić information content (AvgIpc) is 1.56. The minimum Gasteiger partial charge on any atom is -0.0623 e. The second-order valence-corrected chi connectivity index (χ2v) is 32.1. The van der Waals surface area contributed by atoms with Crippen LogP contribution in [-0.2, 0) is 5.41 Å². The van der Waals surface area contributed by atoms with Crippen LogP contribution in [0.2, 0.25) is 0 Å². The molecule has 0 atom stereocenters. The summed E-state index contributed by atoms with van der Waals surface area (Å²) in [5.74, 6) is 0. The van der Waals surface area contributed by atoms with Crippen LogP contribution in [0.4, 0.5) is 0 Å². The van der Waals surface area contributed by atoms with E-state index in [9.17, 15) is 0 Å². The highest BCUT2D eigenvalue weighted by molar-refractivity contribution is 7.23. The van der Waals surface area contributed by atoms with Gasteiger partial charge in [-0.25, -0.2) is 0 Å². The number of rotatable bonds is 7. The Hall–Kier alpha value is -10.7. The van der Waals surface area contributed by atoms with E-state index >= 15 is 0 Å². The second-order valence-electron chi connectivity index (χ2n) is 24.7. The van der Waals surface area contributed by atoms with Crippen LogP contribution < -0.4 is 41.5 Å². The SMILES string of the molecule is c1ccc([Si]2(c3ccccc3)c3ccccc3-c3cccc(-c4cccc5c(-c6cccc7c6C6(c8ccccc8-c8ccccc86)c6ccccc6-7)c6cccc(-c7cccc8c7[Si](c7ccccc7)(c7ccccc7)c7ccccc7-8)c6cc45)c32)cc1. The van der Waals surface area contributed by atoms with Crippen molar-refractivity contribution in [2.75, 3.05) is 0 Å². The first kappa shape index (κ1) is 50.4. The van der Waals surface area contributed by atoms with Crippen molar-refractivity contribution < 1.29 is 0 Å². The van der Waals surface area contributed by atoms with Crippen molar-refractivity contribution >= 4 is 79.2 Å². The highest BCUT2D eigenvalue weighted by atomic mass is 28.3. The molecule has 2 heterocycles. The minimum absolute atomic E-state index is 0.579. The Morgan fingerprint density at radius 3 is 0.876 bits per heavy atom. The normalized spacial score (nSPS) is 14.3. The lowest BCUT2D eigenvalue weighted by atomic mass is 9.68. The molecular weight excluding hydrogens is 1100 g/mol. The lowest BCUT2D eigenvalue weighted by molar-refractivity contribution is 0.796. The molecule has 0 saturated heterocycles. The van der Waals surface area contributed by atoms with Gasteiger partial charge in [0.25, 0.3) is 0 Å². The van der Waals surface area contributed by atoms with Gasteiger partial charge < -0.3 is 0 Å². The van der Waals surface area contributed by atoms with Gasteiger partial charge in [0.15, 0.2) is 16.1 Å². The first-order valence-electron chi connectivity index (χ1n) is 31.3. The molecule has 2 heteroatoms. The summed E-state index contributed by atoms with van der Waals surface area (Å²) in [5, 5.41) is 16.3. The van der Waals surface area contributed by atoms with Gasteiger partial charge >= 0.3 is 0 Å². The fourth-order valence-corrected chi connectivity index (χ4v) is 28.5. The number of hydrogen-bond donors (Lipinski definition) is 0. The third-order valence-electron chi connectivity index (χ3n) is 20.9. The molecule has 1 spiro atoms. The van der Waals surface area contributed by atoms with Crippen molar-refractivity contribution in [1.82, 2.24) is 0 Å². The quantitative estimate of drug-likeness (QED) is 0.110. The third kappa shape index (κ3) is 6.56. The molecule has 0 radical (unpaired) electrons. The molecule has 0 amide bonds. The maximum atomic E-state index is 2.62. The van der Waals surface area contributed by atoms with Gasteiger partial charge in [-0.15, -0.1) is 0 Å². The Morgan fingerprint density at radius 2 is 0.472 bits per heavy atom. The zero-order valence-electron chi connectivity index (χ0n) is 48.8. The molecule has 4 aliphatic rings. The summed E-state index contributed by atoms with van der Waals surface area (Å²) in [7, 11) is -5.99. The van der Waals surface area contributed by atoms with E-state index < -0.39 is 21.6 Å². The van der Waals surface area contributed by atoms with Crippen molar-refractivity contribution in [1.29, 1.82) is 0 Å². The van der Waals surface area contributed by atoms with Crippen LogP contribution in [-0.4, -0.2) is 16.1 Å². The molecule has 0 nitrogen and oxygen atoms in total. The Bertz CT molecular complexity index is 5050.